The number of carbonyl (C=O) groups excluding carboxylic acids is 1. The number of likely N-dealkylation sites (tertiary alicyclic amines) is 1. The van der Waals surface area contributed by atoms with Crippen LogP contribution < -0.4 is 5.73 Å². The molecule has 1 saturated carbocycles. The maximum Gasteiger partial charge on any atom is 0.226 e. The van der Waals surface area contributed by atoms with E-state index >= 15 is 0 Å². The van der Waals surface area contributed by atoms with Crippen LogP contribution in [0.5, 0.6) is 0 Å². The molecule has 0 radical (unpaired) electrons. The van der Waals surface area contributed by atoms with E-state index in [0.29, 0.717) is 11.8 Å². The summed E-state index contributed by atoms with van der Waals surface area (Å²) < 4.78 is 0.170. The van der Waals surface area contributed by atoms with Crippen LogP contribution in [0.1, 0.15) is 38.2 Å². The fraction of sp³-hybridized carbons (Fsp3) is 0.550. The number of hydrogen-bond acceptors (Lipinski definition) is 3. The SMILES string of the molecule is CC1(C2CC2C(=O)N2CCCC(N)C2)CC(c2ccccc2)=CS1. The number of carbonyl (C=O) groups is 1. The van der Waals surface area contributed by atoms with Crippen LogP contribution in [0.3, 0.4) is 0 Å². The van der Waals surface area contributed by atoms with E-state index in [0.717, 1.165) is 38.8 Å². The summed E-state index contributed by atoms with van der Waals surface area (Å²) in [6, 6.07) is 10.8. The average Bonchev–Trinajstić information content (AvgIpc) is 3.32. The molecule has 2 heterocycles. The molecular formula is C20H26N2OS. The Morgan fingerprint density at radius 2 is 2.12 bits per heavy atom. The molecule has 2 aliphatic heterocycles. The Labute approximate surface area is 148 Å². The quantitative estimate of drug-likeness (QED) is 0.914. The Bertz CT molecular complexity index is 659. The minimum atomic E-state index is 0.169. The Morgan fingerprint density at radius 1 is 1.33 bits per heavy atom. The number of piperidine rings is 1. The van der Waals surface area contributed by atoms with Gasteiger partial charge >= 0.3 is 0 Å². The van der Waals surface area contributed by atoms with E-state index in [9.17, 15) is 4.79 Å². The molecular weight excluding hydrogens is 316 g/mol. The lowest BCUT2D eigenvalue weighted by Crippen LogP contribution is -2.46. The molecule has 3 aliphatic rings. The van der Waals surface area contributed by atoms with Gasteiger partial charge in [0.2, 0.25) is 5.91 Å². The van der Waals surface area contributed by atoms with E-state index in [1.807, 2.05) is 16.7 Å². The third-order valence-electron chi connectivity index (χ3n) is 5.82. The maximum absolute atomic E-state index is 12.8. The van der Waals surface area contributed by atoms with Crippen molar-refractivity contribution in [1.82, 2.24) is 4.90 Å². The molecule has 128 valence electrons. The summed E-state index contributed by atoms with van der Waals surface area (Å²) in [6.07, 6.45) is 4.21. The lowest BCUT2D eigenvalue weighted by molar-refractivity contribution is -0.134. The van der Waals surface area contributed by atoms with E-state index < -0.39 is 0 Å². The molecule has 1 aromatic carbocycles. The van der Waals surface area contributed by atoms with Gasteiger partial charge in [0, 0.05) is 29.8 Å². The summed E-state index contributed by atoms with van der Waals surface area (Å²) >= 11 is 1.93. The number of amides is 1. The first-order valence-electron chi connectivity index (χ1n) is 9.03. The fourth-order valence-corrected chi connectivity index (χ4v) is 5.60. The summed E-state index contributed by atoms with van der Waals surface area (Å²) in [7, 11) is 0. The fourth-order valence-electron chi connectivity index (χ4n) is 4.30. The Hall–Kier alpha value is -1.26. The van der Waals surface area contributed by atoms with Gasteiger partial charge in [-0.05, 0) is 55.1 Å². The summed E-state index contributed by atoms with van der Waals surface area (Å²) in [4.78, 5) is 14.8. The van der Waals surface area contributed by atoms with Crippen molar-refractivity contribution in [2.45, 2.75) is 43.4 Å². The van der Waals surface area contributed by atoms with Crippen molar-refractivity contribution in [3.8, 4) is 0 Å². The second-order valence-electron chi connectivity index (χ2n) is 7.75. The molecule has 0 aromatic heterocycles. The predicted molar refractivity (Wildman–Crippen MR) is 100 cm³/mol. The first-order valence-corrected chi connectivity index (χ1v) is 9.91. The lowest BCUT2D eigenvalue weighted by atomic mass is 9.91. The monoisotopic (exact) mass is 342 g/mol. The van der Waals surface area contributed by atoms with Crippen LogP contribution in [0.2, 0.25) is 0 Å². The number of benzene rings is 1. The predicted octanol–water partition coefficient (Wildman–Crippen LogP) is 3.51. The minimum absolute atomic E-state index is 0.169. The highest BCUT2D eigenvalue weighted by Gasteiger charge is 2.56. The number of hydrogen-bond donors (Lipinski definition) is 1. The molecule has 1 saturated heterocycles. The Morgan fingerprint density at radius 3 is 2.88 bits per heavy atom. The van der Waals surface area contributed by atoms with Crippen molar-refractivity contribution < 1.29 is 4.79 Å². The van der Waals surface area contributed by atoms with Crippen LogP contribution in [0, 0.1) is 11.8 Å². The van der Waals surface area contributed by atoms with Gasteiger partial charge in [-0.1, -0.05) is 30.3 Å². The normalized spacial score (nSPS) is 35.7. The smallest absolute Gasteiger partial charge is 0.226 e. The molecule has 1 aromatic rings. The molecule has 3 nitrogen and oxygen atoms in total. The van der Waals surface area contributed by atoms with Gasteiger partial charge < -0.3 is 10.6 Å². The molecule has 2 fully saturated rings. The van der Waals surface area contributed by atoms with Gasteiger partial charge in [-0.2, -0.15) is 0 Å². The van der Waals surface area contributed by atoms with Crippen molar-refractivity contribution in [3.63, 3.8) is 0 Å². The largest absolute Gasteiger partial charge is 0.341 e. The number of nitrogens with two attached hydrogens (primary N) is 1. The molecule has 4 unspecified atom stereocenters. The van der Waals surface area contributed by atoms with Crippen LogP contribution in [-0.2, 0) is 4.79 Å². The third-order valence-corrected chi connectivity index (χ3v) is 7.21. The molecule has 4 atom stereocenters. The van der Waals surface area contributed by atoms with E-state index in [2.05, 4.69) is 42.7 Å². The van der Waals surface area contributed by atoms with E-state index in [1.165, 1.54) is 11.1 Å². The van der Waals surface area contributed by atoms with Crippen LogP contribution >= 0.6 is 11.8 Å². The molecule has 0 bridgehead atoms. The van der Waals surface area contributed by atoms with E-state index in [1.54, 1.807) is 0 Å². The lowest BCUT2D eigenvalue weighted by Gasteiger charge is -2.32. The minimum Gasteiger partial charge on any atom is -0.341 e. The second kappa shape index (κ2) is 6.23. The molecule has 0 spiro atoms. The van der Waals surface area contributed by atoms with Crippen LogP contribution in [0.25, 0.3) is 5.57 Å². The van der Waals surface area contributed by atoms with Gasteiger partial charge in [0.05, 0.1) is 0 Å². The van der Waals surface area contributed by atoms with Gasteiger partial charge in [-0.15, -0.1) is 11.8 Å². The van der Waals surface area contributed by atoms with Crippen LogP contribution in [0.15, 0.2) is 35.7 Å². The number of allylic oxidation sites excluding steroid dienone is 1. The van der Waals surface area contributed by atoms with Crippen molar-refractivity contribution >= 4 is 23.2 Å². The number of rotatable bonds is 3. The standard InChI is InChI=1S/C20H26N2OS/c1-20(11-15(13-24-20)14-6-3-2-4-7-14)18-10-17(18)19(23)22-9-5-8-16(21)12-22/h2-4,6-7,13,16-18H,5,8-12,21H2,1H3. The topological polar surface area (TPSA) is 46.3 Å². The van der Waals surface area contributed by atoms with Gasteiger partial charge in [0.1, 0.15) is 0 Å². The summed E-state index contributed by atoms with van der Waals surface area (Å²) in [6.45, 7) is 3.98. The molecule has 1 amide bonds. The molecule has 4 heteroatoms. The second-order valence-corrected chi connectivity index (χ2v) is 9.16. The first kappa shape index (κ1) is 16.2. The zero-order valence-corrected chi connectivity index (χ0v) is 15.1. The Balaban J connectivity index is 1.39. The van der Waals surface area contributed by atoms with Gasteiger partial charge in [-0.3, -0.25) is 4.79 Å². The van der Waals surface area contributed by atoms with Gasteiger partial charge in [-0.25, -0.2) is 0 Å². The molecule has 1 aliphatic carbocycles. The van der Waals surface area contributed by atoms with Gasteiger partial charge in [0.25, 0.3) is 0 Å². The van der Waals surface area contributed by atoms with Crippen LogP contribution in [-0.4, -0.2) is 34.7 Å². The van der Waals surface area contributed by atoms with E-state index in [-0.39, 0.29) is 16.7 Å². The number of thioether (sulfide) groups is 1. The first-order chi connectivity index (χ1) is 11.6. The summed E-state index contributed by atoms with van der Waals surface area (Å²) in [5.41, 5.74) is 8.78. The Kier molecular flexibility index (Phi) is 4.21. The molecule has 24 heavy (non-hydrogen) atoms. The van der Waals surface area contributed by atoms with Crippen molar-refractivity contribution in [2.24, 2.45) is 17.6 Å². The van der Waals surface area contributed by atoms with Crippen LogP contribution in [0.4, 0.5) is 0 Å². The van der Waals surface area contributed by atoms with Gasteiger partial charge in [0.15, 0.2) is 0 Å². The zero-order valence-electron chi connectivity index (χ0n) is 14.3. The molecule has 2 N–H and O–H groups in total. The maximum atomic E-state index is 12.8. The highest BCUT2D eigenvalue weighted by Crippen LogP contribution is 2.59. The van der Waals surface area contributed by atoms with E-state index in [4.69, 9.17) is 5.73 Å². The third kappa shape index (κ3) is 3.02. The van der Waals surface area contributed by atoms with Crippen molar-refractivity contribution in [3.05, 3.63) is 41.3 Å². The summed E-state index contributed by atoms with van der Waals surface area (Å²) in [5, 5.41) is 2.31. The summed E-state index contributed by atoms with van der Waals surface area (Å²) in [5.74, 6) is 1.08. The van der Waals surface area contributed by atoms with Crippen molar-refractivity contribution in [1.29, 1.82) is 0 Å². The molecule has 4 rings (SSSR count). The zero-order chi connectivity index (χ0) is 16.7. The number of nitrogens with zero attached hydrogens (tertiary/aromatic N) is 1. The average molecular weight is 343 g/mol. The van der Waals surface area contributed by atoms with Crippen molar-refractivity contribution in [2.75, 3.05) is 13.1 Å². The highest BCUT2D eigenvalue weighted by atomic mass is 32.2. The highest BCUT2D eigenvalue weighted by molar-refractivity contribution is 8.04.